The third-order valence-corrected chi connectivity index (χ3v) is 2.79. The van der Waals surface area contributed by atoms with Crippen LogP contribution in [0.25, 0.3) is 0 Å². The number of rotatable bonds is 1. The van der Waals surface area contributed by atoms with Crippen LogP contribution in [-0.4, -0.2) is 56.5 Å². The van der Waals surface area contributed by atoms with Gasteiger partial charge in [-0.2, -0.15) is 0 Å². The van der Waals surface area contributed by atoms with E-state index in [-0.39, 0.29) is 12.2 Å². The minimum absolute atomic E-state index is 0.0501. The summed E-state index contributed by atoms with van der Waals surface area (Å²) in [5.41, 5.74) is 0. The van der Waals surface area contributed by atoms with Gasteiger partial charge in [0.2, 0.25) is 0 Å². The first kappa shape index (κ1) is 10.7. The van der Waals surface area contributed by atoms with Crippen molar-refractivity contribution in [2.45, 2.75) is 18.9 Å². The van der Waals surface area contributed by atoms with Crippen molar-refractivity contribution in [3.63, 3.8) is 0 Å². The molecule has 0 aliphatic carbocycles. The summed E-state index contributed by atoms with van der Waals surface area (Å²) < 4.78 is 10.6. The van der Waals surface area contributed by atoms with Crippen molar-refractivity contribution >= 4 is 6.09 Å². The highest BCUT2D eigenvalue weighted by Gasteiger charge is 2.22. The average molecular weight is 214 g/mol. The first-order chi connectivity index (χ1) is 7.36. The lowest BCUT2D eigenvalue weighted by Crippen LogP contribution is -2.44. The molecule has 2 aliphatic heterocycles. The molecule has 2 fully saturated rings. The summed E-state index contributed by atoms with van der Waals surface area (Å²) in [5.74, 6) is 0. The Morgan fingerprint density at radius 2 is 2.20 bits per heavy atom. The number of hydrogen-bond acceptors (Lipinski definition) is 4. The number of ether oxygens (including phenoxy) is 2. The first-order valence-corrected chi connectivity index (χ1v) is 5.60. The molecule has 2 aliphatic rings. The van der Waals surface area contributed by atoms with Crippen LogP contribution in [0.5, 0.6) is 0 Å². The molecule has 0 unspecified atom stereocenters. The van der Waals surface area contributed by atoms with Crippen LogP contribution < -0.4 is 5.32 Å². The van der Waals surface area contributed by atoms with E-state index >= 15 is 0 Å². The standard InChI is InChI=1S/C10H18N2O3/c13-10(12-4-6-14-7-5-12)15-9-2-1-3-11-8-9/h9,11H,1-8H2/t9-/m0/s1. The summed E-state index contributed by atoms with van der Waals surface area (Å²) in [5, 5.41) is 3.22. The van der Waals surface area contributed by atoms with Gasteiger partial charge in [-0.3, -0.25) is 0 Å². The first-order valence-electron chi connectivity index (χ1n) is 5.60. The van der Waals surface area contributed by atoms with E-state index in [0.29, 0.717) is 26.3 Å². The van der Waals surface area contributed by atoms with Crippen molar-refractivity contribution in [3.05, 3.63) is 0 Å². The van der Waals surface area contributed by atoms with Gasteiger partial charge in [0.1, 0.15) is 6.10 Å². The summed E-state index contributed by atoms with van der Waals surface area (Å²) in [6, 6.07) is 0. The summed E-state index contributed by atoms with van der Waals surface area (Å²) in [6.07, 6.45) is 1.92. The maximum absolute atomic E-state index is 11.7. The molecule has 0 spiro atoms. The van der Waals surface area contributed by atoms with E-state index in [1.54, 1.807) is 4.90 Å². The van der Waals surface area contributed by atoms with Gasteiger partial charge >= 0.3 is 6.09 Å². The van der Waals surface area contributed by atoms with E-state index in [4.69, 9.17) is 9.47 Å². The normalized spacial score (nSPS) is 27.5. The second kappa shape index (κ2) is 5.32. The summed E-state index contributed by atoms with van der Waals surface area (Å²) in [6.45, 7) is 4.37. The molecule has 1 amide bonds. The highest BCUT2D eigenvalue weighted by atomic mass is 16.6. The Bertz CT molecular complexity index is 211. The maximum atomic E-state index is 11.7. The molecule has 1 atom stereocenters. The Hall–Kier alpha value is -0.810. The number of carbonyl (C=O) groups is 1. The summed E-state index contributed by atoms with van der Waals surface area (Å²) in [7, 11) is 0. The van der Waals surface area contributed by atoms with Gasteiger partial charge in [-0.1, -0.05) is 0 Å². The number of morpholine rings is 1. The fourth-order valence-electron chi connectivity index (χ4n) is 1.88. The Morgan fingerprint density at radius 3 is 2.87 bits per heavy atom. The average Bonchev–Trinajstić information content (AvgIpc) is 2.31. The molecule has 2 saturated heterocycles. The van der Waals surface area contributed by atoms with Crippen LogP contribution in [0.2, 0.25) is 0 Å². The Kier molecular flexibility index (Phi) is 3.80. The van der Waals surface area contributed by atoms with Crippen LogP contribution in [-0.2, 0) is 9.47 Å². The molecule has 2 heterocycles. The number of hydrogen-bond donors (Lipinski definition) is 1. The van der Waals surface area contributed by atoms with Crippen LogP contribution in [0.3, 0.4) is 0 Å². The zero-order valence-corrected chi connectivity index (χ0v) is 8.91. The highest BCUT2D eigenvalue weighted by molar-refractivity contribution is 5.67. The number of carbonyl (C=O) groups excluding carboxylic acids is 1. The minimum Gasteiger partial charge on any atom is -0.445 e. The van der Waals surface area contributed by atoms with Gasteiger partial charge in [-0.15, -0.1) is 0 Å². The molecule has 0 aromatic carbocycles. The quantitative estimate of drug-likeness (QED) is 0.678. The van der Waals surface area contributed by atoms with Crippen LogP contribution in [0.15, 0.2) is 0 Å². The van der Waals surface area contributed by atoms with Gasteiger partial charge < -0.3 is 19.7 Å². The van der Waals surface area contributed by atoms with Crippen molar-refractivity contribution in [3.8, 4) is 0 Å². The van der Waals surface area contributed by atoms with Gasteiger partial charge in [-0.25, -0.2) is 4.79 Å². The molecule has 2 rings (SSSR count). The zero-order chi connectivity index (χ0) is 10.5. The zero-order valence-electron chi connectivity index (χ0n) is 8.91. The molecule has 0 saturated carbocycles. The number of amides is 1. The van der Waals surface area contributed by atoms with Crippen molar-refractivity contribution < 1.29 is 14.3 Å². The maximum Gasteiger partial charge on any atom is 0.410 e. The summed E-state index contributed by atoms with van der Waals surface area (Å²) in [4.78, 5) is 13.4. The fourth-order valence-corrected chi connectivity index (χ4v) is 1.88. The van der Waals surface area contributed by atoms with E-state index in [0.717, 1.165) is 25.9 Å². The van der Waals surface area contributed by atoms with Crippen molar-refractivity contribution in [2.75, 3.05) is 39.4 Å². The van der Waals surface area contributed by atoms with E-state index in [1.165, 1.54) is 0 Å². The van der Waals surface area contributed by atoms with Gasteiger partial charge in [-0.05, 0) is 19.4 Å². The molecule has 0 aromatic heterocycles. The number of piperidine rings is 1. The topological polar surface area (TPSA) is 50.8 Å². The second-order valence-corrected chi connectivity index (χ2v) is 3.95. The summed E-state index contributed by atoms with van der Waals surface area (Å²) >= 11 is 0. The Balaban J connectivity index is 1.74. The molecular formula is C10H18N2O3. The van der Waals surface area contributed by atoms with Crippen LogP contribution in [0.1, 0.15) is 12.8 Å². The van der Waals surface area contributed by atoms with Crippen LogP contribution in [0.4, 0.5) is 4.79 Å². The van der Waals surface area contributed by atoms with E-state index in [9.17, 15) is 4.79 Å². The predicted octanol–water partition coefficient (Wildman–Crippen LogP) is 0.207. The van der Waals surface area contributed by atoms with Crippen molar-refractivity contribution in [1.29, 1.82) is 0 Å². The molecule has 0 bridgehead atoms. The third kappa shape index (κ3) is 3.07. The molecule has 1 N–H and O–H groups in total. The van der Waals surface area contributed by atoms with E-state index < -0.39 is 0 Å². The molecule has 86 valence electrons. The highest BCUT2D eigenvalue weighted by Crippen LogP contribution is 2.09. The van der Waals surface area contributed by atoms with Crippen LogP contribution >= 0.6 is 0 Å². The monoisotopic (exact) mass is 214 g/mol. The van der Waals surface area contributed by atoms with Crippen molar-refractivity contribution in [1.82, 2.24) is 10.2 Å². The van der Waals surface area contributed by atoms with Gasteiger partial charge in [0.15, 0.2) is 0 Å². The molecular weight excluding hydrogens is 196 g/mol. The van der Waals surface area contributed by atoms with Gasteiger partial charge in [0.05, 0.1) is 13.2 Å². The van der Waals surface area contributed by atoms with Gasteiger partial charge in [0, 0.05) is 19.6 Å². The second-order valence-electron chi connectivity index (χ2n) is 3.95. The molecule has 0 aromatic rings. The van der Waals surface area contributed by atoms with Crippen LogP contribution in [0, 0.1) is 0 Å². The number of nitrogens with one attached hydrogen (secondary N) is 1. The lowest BCUT2D eigenvalue weighted by Gasteiger charge is -2.29. The predicted molar refractivity (Wildman–Crippen MR) is 54.8 cm³/mol. The molecule has 0 radical (unpaired) electrons. The SMILES string of the molecule is O=C(O[C@H]1CCCNC1)N1CCOCC1. The Labute approximate surface area is 89.7 Å². The smallest absolute Gasteiger partial charge is 0.410 e. The fraction of sp³-hybridized carbons (Fsp3) is 0.900. The lowest BCUT2D eigenvalue weighted by molar-refractivity contribution is 0.00838. The lowest BCUT2D eigenvalue weighted by atomic mass is 10.1. The van der Waals surface area contributed by atoms with E-state index in [1.807, 2.05) is 0 Å². The Morgan fingerprint density at radius 1 is 1.40 bits per heavy atom. The largest absolute Gasteiger partial charge is 0.445 e. The third-order valence-electron chi connectivity index (χ3n) is 2.79. The molecule has 5 nitrogen and oxygen atoms in total. The van der Waals surface area contributed by atoms with Crippen molar-refractivity contribution in [2.24, 2.45) is 0 Å². The van der Waals surface area contributed by atoms with Gasteiger partial charge in [0.25, 0.3) is 0 Å². The van der Waals surface area contributed by atoms with E-state index in [2.05, 4.69) is 5.32 Å². The molecule has 15 heavy (non-hydrogen) atoms. The minimum atomic E-state index is -0.188. The number of nitrogens with zero attached hydrogens (tertiary/aromatic N) is 1. The molecule has 5 heteroatoms.